The number of nitrogens with one attached hydrogen (secondary N) is 1. The topological polar surface area (TPSA) is 66.5 Å². The number of benzene rings is 2. The molecule has 0 aliphatic heterocycles. The minimum absolute atomic E-state index is 0.232. The molecule has 0 fully saturated rings. The largest absolute Gasteiger partial charge is 0.348 e. The summed E-state index contributed by atoms with van der Waals surface area (Å²) >= 11 is 5.95. The number of nitrogens with zero attached hydrogens (tertiary/aromatic N) is 1. The number of rotatable bonds is 6. The molecule has 0 spiro atoms. The number of halogens is 1. The first-order valence-electron chi connectivity index (χ1n) is 8.59. The molecule has 5 nitrogen and oxygen atoms in total. The standard InChI is InChI=1S/C20H25ClN2O3S/c1-13-6-7-17(10-14(13)2)16(4)22-20(24)12-23(27(5,25)26)19-9-8-18(21)11-15(19)3/h6-11,16H,12H2,1-5H3,(H,22,24)/t16-/m0/s1. The van der Waals surface area contributed by atoms with Crippen LogP contribution in [-0.4, -0.2) is 27.1 Å². The van der Waals surface area contributed by atoms with Crippen LogP contribution in [0.5, 0.6) is 0 Å². The average Bonchev–Trinajstić information content (AvgIpc) is 2.54. The Labute approximate surface area is 166 Å². The fourth-order valence-corrected chi connectivity index (χ4v) is 3.96. The summed E-state index contributed by atoms with van der Waals surface area (Å²) in [4.78, 5) is 12.5. The van der Waals surface area contributed by atoms with Gasteiger partial charge in [0.1, 0.15) is 6.54 Å². The zero-order valence-corrected chi connectivity index (χ0v) is 17.8. The van der Waals surface area contributed by atoms with Crippen molar-refractivity contribution in [2.75, 3.05) is 17.1 Å². The molecular weight excluding hydrogens is 384 g/mol. The highest BCUT2D eigenvalue weighted by Crippen LogP contribution is 2.25. The van der Waals surface area contributed by atoms with E-state index in [-0.39, 0.29) is 18.5 Å². The Bertz CT molecular complexity index is 958. The summed E-state index contributed by atoms with van der Waals surface area (Å²) in [5.41, 5.74) is 4.42. The van der Waals surface area contributed by atoms with Crippen molar-refractivity contribution in [2.24, 2.45) is 0 Å². The summed E-state index contributed by atoms with van der Waals surface area (Å²) in [7, 11) is -3.63. The van der Waals surface area contributed by atoms with Gasteiger partial charge < -0.3 is 5.32 Å². The van der Waals surface area contributed by atoms with Crippen molar-refractivity contribution >= 4 is 33.2 Å². The second-order valence-electron chi connectivity index (χ2n) is 6.83. The van der Waals surface area contributed by atoms with Gasteiger partial charge in [-0.1, -0.05) is 29.8 Å². The predicted molar refractivity (Wildman–Crippen MR) is 111 cm³/mol. The lowest BCUT2D eigenvalue weighted by Crippen LogP contribution is -2.41. The van der Waals surface area contributed by atoms with E-state index < -0.39 is 10.0 Å². The van der Waals surface area contributed by atoms with E-state index >= 15 is 0 Å². The Morgan fingerprint density at radius 3 is 2.30 bits per heavy atom. The first-order valence-corrected chi connectivity index (χ1v) is 10.8. The molecule has 0 aliphatic rings. The maximum absolute atomic E-state index is 12.5. The minimum Gasteiger partial charge on any atom is -0.348 e. The lowest BCUT2D eigenvalue weighted by Gasteiger charge is -2.25. The summed E-state index contributed by atoms with van der Waals surface area (Å²) in [6, 6.07) is 10.7. The summed E-state index contributed by atoms with van der Waals surface area (Å²) in [6.45, 7) is 7.38. The molecular formula is C20H25ClN2O3S. The van der Waals surface area contributed by atoms with Gasteiger partial charge >= 0.3 is 0 Å². The summed E-state index contributed by atoms with van der Waals surface area (Å²) in [5.74, 6) is -0.375. The molecule has 0 saturated carbocycles. The molecule has 2 aromatic carbocycles. The SMILES string of the molecule is Cc1ccc([C@H](C)NC(=O)CN(c2ccc(Cl)cc2C)S(C)(=O)=O)cc1C. The van der Waals surface area contributed by atoms with Gasteiger partial charge in [0.2, 0.25) is 15.9 Å². The summed E-state index contributed by atoms with van der Waals surface area (Å²) in [6.07, 6.45) is 1.08. The van der Waals surface area contributed by atoms with E-state index in [1.54, 1.807) is 25.1 Å². The molecule has 0 heterocycles. The third-order valence-electron chi connectivity index (χ3n) is 4.52. The van der Waals surface area contributed by atoms with Crippen molar-refractivity contribution in [1.82, 2.24) is 5.32 Å². The van der Waals surface area contributed by atoms with Gasteiger partial charge in [-0.25, -0.2) is 8.42 Å². The molecule has 1 amide bonds. The van der Waals surface area contributed by atoms with E-state index in [9.17, 15) is 13.2 Å². The van der Waals surface area contributed by atoms with Gasteiger partial charge in [0.25, 0.3) is 0 Å². The van der Waals surface area contributed by atoms with Gasteiger partial charge in [-0.2, -0.15) is 0 Å². The van der Waals surface area contributed by atoms with Crippen molar-refractivity contribution in [3.05, 3.63) is 63.7 Å². The maximum atomic E-state index is 12.5. The van der Waals surface area contributed by atoms with Crippen LogP contribution in [-0.2, 0) is 14.8 Å². The van der Waals surface area contributed by atoms with E-state index in [4.69, 9.17) is 11.6 Å². The van der Waals surface area contributed by atoms with Crippen molar-refractivity contribution < 1.29 is 13.2 Å². The van der Waals surface area contributed by atoms with E-state index in [1.165, 1.54) is 5.56 Å². The highest BCUT2D eigenvalue weighted by atomic mass is 35.5. The number of carbonyl (C=O) groups is 1. The van der Waals surface area contributed by atoms with Crippen LogP contribution in [0.25, 0.3) is 0 Å². The van der Waals surface area contributed by atoms with Crippen molar-refractivity contribution in [1.29, 1.82) is 0 Å². The Kier molecular flexibility index (Phi) is 6.54. The minimum atomic E-state index is -3.63. The third kappa shape index (κ3) is 5.47. The monoisotopic (exact) mass is 408 g/mol. The van der Waals surface area contributed by atoms with Gasteiger partial charge in [-0.15, -0.1) is 0 Å². The fourth-order valence-electron chi connectivity index (χ4n) is 2.81. The molecule has 1 atom stereocenters. The van der Waals surface area contributed by atoms with Crippen molar-refractivity contribution in [3.63, 3.8) is 0 Å². The van der Waals surface area contributed by atoms with Crippen LogP contribution in [0.1, 0.15) is 35.2 Å². The first-order chi connectivity index (χ1) is 12.5. The second kappa shape index (κ2) is 8.31. The van der Waals surface area contributed by atoms with E-state index in [0.717, 1.165) is 21.7 Å². The highest BCUT2D eigenvalue weighted by Gasteiger charge is 2.23. The van der Waals surface area contributed by atoms with Crippen LogP contribution in [0.4, 0.5) is 5.69 Å². The summed E-state index contributed by atoms with van der Waals surface area (Å²) in [5, 5.41) is 3.39. The molecule has 27 heavy (non-hydrogen) atoms. The van der Waals surface area contributed by atoms with Gasteiger partial charge in [-0.3, -0.25) is 9.10 Å². The molecule has 1 N–H and O–H groups in total. The van der Waals surface area contributed by atoms with Gasteiger partial charge in [-0.05, 0) is 68.1 Å². The molecule has 0 radical (unpaired) electrons. The average molecular weight is 409 g/mol. The molecule has 0 aromatic heterocycles. The van der Waals surface area contributed by atoms with Crippen LogP contribution in [0.2, 0.25) is 5.02 Å². The first kappa shape index (κ1) is 21.3. The van der Waals surface area contributed by atoms with Crippen LogP contribution >= 0.6 is 11.6 Å². The third-order valence-corrected chi connectivity index (χ3v) is 5.89. The van der Waals surface area contributed by atoms with Crippen LogP contribution in [0, 0.1) is 20.8 Å². The smallest absolute Gasteiger partial charge is 0.241 e. The number of carbonyl (C=O) groups excluding carboxylic acids is 1. The molecule has 2 aromatic rings. The quantitative estimate of drug-likeness (QED) is 0.787. The number of sulfonamides is 1. The molecule has 7 heteroatoms. The van der Waals surface area contributed by atoms with Gasteiger partial charge in [0, 0.05) is 5.02 Å². The normalized spacial score (nSPS) is 12.5. The number of anilines is 1. The molecule has 0 unspecified atom stereocenters. The van der Waals surface area contributed by atoms with Crippen LogP contribution in [0.3, 0.4) is 0 Å². The molecule has 146 valence electrons. The Balaban J connectivity index is 2.20. The molecule has 0 bridgehead atoms. The molecule has 0 saturated heterocycles. The fraction of sp³-hybridized carbons (Fsp3) is 0.350. The Hall–Kier alpha value is -2.05. The second-order valence-corrected chi connectivity index (χ2v) is 9.18. The zero-order chi connectivity index (χ0) is 20.4. The lowest BCUT2D eigenvalue weighted by atomic mass is 10.0. The van der Waals surface area contributed by atoms with E-state index in [0.29, 0.717) is 16.3 Å². The zero-order valence-electron chi connectivity index (χ0n) is 16.2. The van der Waals surface area contributed by atoms with E-state index in [2.05, 4.69) is 5.32 Å². The highest BCUT2D eigenvalue weighted by molar-refractivity contribution is 7.92. The number of aryl methyl sites for hydroxylation is 3. The maximum Gasteiger partial charge on any atom is 0.241 e. The van der Waals surface area contributed by atoms with Crippen molar-refractivity contribution in [3.8, 4) is 0 Å². The number of amides is 1. The Morgan fingerprint density at radius 2 is 1.74 bits per heavy atom. The summed E-state index contributed by atoms with van der Waals surface area (Å²) < 4.78 is 25.6. The van der Waals surface area contributed by atoms with Crippen LogP contribution in [0.15, 0.2) is 36.4 Å². The van der Waals surface area contributed by atoms with Gasteiger partial charge in [0.05, 0.1) is 18.0 Å². The predicted octanol–water partition coefficient (Wildman–Crippen LogP) is 3.91. The number of hydrogen-bond acceptors (Lipinski definition) is 3. The van der Waals surface area contributed by atoms with Gasteiger partial charge in [0.15, 0.2) is 0 Å². The van der Waals surface area contributed by atoms with Crippen LogP contribution < -0.4 is 9.62 Å². The Morgan fingerprint density at radius 1 is 1.07 bits per heavy atom. The molecule has 0 aliphatic carbocycles. The number of hydrogen-bond donors (Lipinski definition) is 1. The molecule has 2 rings (SSSR count). The van der Waals surface area contributed by atoms with Crippen molar-refractivity contribution in [2.45, 2.75) is 33.7 Å². The lowest BCUT2D eigenvalue weighted by molar-refractivity contribution is -0.120. The van der Waals surface area contributed by atoms with E-state index in [1.807, 2.05) is 39.0 Å².